The zero-order valence-electron chi connectivity index (χ0n) is 17.5. The van der Waals surface area contributed by atoms with Gasteiger partial charge in [0, 0.05) is 11.1 Å². The van der Waals surface area contributed by atoms with Crippen LogP contribution in [-0.2, 0) is 0 Å². The number of aromatic nitrogens is 1. The lowest BCUT2D eigenvalue weighted by molar-refractivity contribution is 0.0692. The second-order valence-electron chi connectivity index (χ2n) is 6.55. The van der Waals surface area contributed by atoms with E-state index >= 15 is 0 Å². The van der Waals surface area contributed by atoms with Gasteiger partial charge in [0.2, 0.25) is 5.75 Å². The van der Waals surface area contributed by atoms with E-state index in [2.05, 4.69) is 10.5 Å². The highest BCUT2D eigenvalue weighted by Gasteiger charge is 2.28. The van der Waals surface area contributed by atoms with Crippen LogP contribution in [0, 0.1) is 0 Å². The molecular formula is C22H22N2O7. The van der Waals surface area contributed by atoms with Crippen molar-refractivity contribution in [3.8, 4) is 28.5 Å². The molecule has 0 aliphatic carbocycles. The molecule has 0 fully saturated rings. The summed E-state index contributed by atoms with van der Waals surface area (Å²) in [5, 5.41) is 16.4. The number of carbonyl (C=O) groups excluding carboxylic acids is 1. The van der Waals surface area contributed by atoms with Crippen molar-refractivity contribution in [2.75, 3.05) is 21.3 Å². The molecule has 0 saturated carbocycles. The number of hydrogen-bond donors (Lipinski definition) is 2. The molecule has 9 heteroatoms. The number of rotatable bonds is 8. The number of carboxylic acid groups (broad SMARTS) is 1. The van der Waals surface area contributed by atoms with Gasteiger partial charge in [-0.25, -0.2) is 4.79 Å². The lowest BCUT2D eigenvalue weighted by Crippen LogP contribution is -2.27. The Labute approximate surface area is 178 Å². The Morgan fingerprint density at radius 3 is 2.16 bits per heavy atom. The predicted molar refractivity (Wildman–Crippen MR) is 111 cm³/mol. The van der Waals surface area contributed by atoms with Gasteiger partial charge in [-0.3, -0.25) is 4.79 Å². The first-order valence-corrected chi connectivity index (χ1v) is 9.30. The Morgan fingerprint density at radius 2 is 1.65 bits per heavy atom. The average Bonchev–Trinajstić information content (AvgIpc) is 3.24. The number of nitrogens with one attached hydrogen (secondary N) is 1. The standard InChI is InChI=1S/C22H22N2O7/c1-12(19-17(22(26)27)18(24-31-19)13-8-6-5-7-9-13)23-21(25)14-10-15(28-2)20(30-4)16(11-14)29-3/h5-12H,1-4H3,(H,23,25)(H,26,27)/t12-/m1/s1. The molecule has 3 rings (SSSR count). The van der Waals surface area contributed by atoms with Crippen molar-refractivity contribution in [2.24, 2.45) is 0 Å². The van der Waals surface area contributed by atoms with Gasteiger partial charge < -0.3 is 29.2 Å². The van der Waals surface area contributed by atoms with Crippen molar-refractivity contribution < 1.29 is 33.4 Å². The topological polar surface area (TPSA) is 120 Å². The second-order valence-corrected chi connectivity index (χ2v) is 6.55. The van der Waals surface area contributed by atoms with E-state index < -0.39 is 17.9 Å². The van der Waals surface area contributed by atoms with E-state index in [1.807, 2.05) is 6.07 Å². The number of methoxy groups -OCH3 is 3. The molecule has 0 saturated heterocycles. The first kappa shape index (κ1) is 21.7. The lowest BCUT2D eigenvalue weighted by Gasteiger charge is -2.16. The summed E-state index contributed by atoms with van der Waals surface area (Å²) in [7, 11) is 4.35. The summed E-state index contributed by atoms with van der Waals surface area (Å²) in [6.07, 6.45) is 0. The number of aromatic carboxylic acids is 1. The van der Waals surface area contributed by atoms with Crippen molar-refractivity contribution in [3.63, 3.8) is 0 Å². The van der Waals surface area contributed by atoms with Crippen LogP contribution in [0.15, 0.2) is 47.0 Å². The predicted octanol–water partition coefficient (Wildman–Crippen LogP) is 3.56. The van der Waals surface area contributed by atoms with Crippen LogP contribution in [0.1, 0.15) is 39.4 Å². The molecule has 0 aliphatic rings. The largest absolute Gasteiger partial charge is 0.493 e. The van der Waals surface area contributed by atoms with E-state index in [0.29, 0.717) is 22.8 Å². The maximum absolute atomic E-state index is 12.8. The monoisotopic (exact) mass is 426 g/mol. The van der Waals surface area contributed by atoms with Crippen LogP contribution in [0.3, 0.4) is 0 Å². The van der Waals surface area contributed by atoms with Gasteiger partial charge in [0.15, 0.2) is 17.3 Å². The summed E-state index contributed by atoms with van der Waals surface area (Å²) in [5.74, 6) is -0.670. The summed E-state index contributed by atoms with van der Waals surface area (Å²) in [4.78, 5) is 24.8. The van der Waals surface area contributed by atoms with Crippen molar-refractivity contribution in [3.05, 3.63) is 59.4 Å². The zero-order chi connectivity index (χ0) is 22.5. The Hall–Kier alpha value is -4.01. The molecule has 1 heterocycles. The van der Waals surface area contributed by atoms with Crippen molar-refractivity contribution in [1.29, 1.82) is 0 Å². The van der Waals surface area contributed by atoms with E-state index in [1.54, 1.807) is 31.2 Å². The van der Waals surface area contributed by atoms with E-state index in [4.69, 9.17) is 18.7 Å². The van der Waals surface area contributed by atoms with Gasteiger partial charge in [0.05, 0.1) is 27.4 Å². The van der Waals surface area contributed by atoms with E-state index in [1.165, 1.54) is 33.5 Å². The molecule has 1 atom stereocenters. The molecule has 0 spiro atoms. The Balaban J connectivity index is 1.92. The molecule has 0 bridgehead atoms. The Kier molecular flexibility index (Phi) is 6.44. The molecule has 0 aliphatic heterocycles. The number of hydrogen-bond acceptors (Lipinski definition) is 7. The van der Waals surface area contributed by atoms with Crippen molar-refractivity contribution >= 4 is 11.9 Å². The number of carboxylic acids is 1. The van der Waals surface area contributed by atoms with Crippen LogP contribution in [0.4, 0.5) is 0 Å². The number of benzene rings is 2. The minimum atomic E-state index is -1.20. The van der Waals surface area contributed by atoms with Gasteiger partial charge in [-0.15, -0.1) is 0 Å². The minimum Gasteiger partial charge on any atom is -0.493 e. The SMILES string of the molecule is COc1cc(C(=O)N[C@H](C)c2onc(-c3ccccc3)c2C(=O)O)cc(OC)c1OC. The van der Waals surface area contributed by atoms with Gasteiger partial charge in [0.1, 0.15) is 11.3 Å². The van der Waals surface area contributed by atoms with Gasteiger partial charge in [-0.1, -0.05) is 35.5 Å². The second kappa shape index (κ2) is 9.21. The highest BCUT2D eigenvalue weighted by atomic mass is 16.5. The van der Waals surface area contributed by atoms with Gasteiger partial charge in [-0.2, -0.15) is 0 Å². The van der Waals surface area contributed by atoms with Crippen molar-refractivity contribution in [2.45, 2.75) is 13.0 Å². The molecule has 0 unspecified atom stereocenters. The number of nitrogens with zero attached hydrogens (tertiary/aromatic N) is 1. The first-order valence-electron chi connectivity index (χ1n) is 9.30. The van der Waals surface area contributed by atoms with Crippen LogP contribution in [0.25, 0.3) is 11.3 Å². The van der Waals surface area contributed by atoms with Crippen LogP contribution in [-0.4, -0.2) is 43.5 Å². The molecule has 3 aromatic rings. The highest BCUT2D eigenvalue weighted by Crippen LogP contribution is 2.38. The Morgan fingerprint density at radius 1 is 1.03 bits per heavy atom. The third-order valence-corrected chi connectivity index (χ3v) is 4.65. The van der Waals surface area contributed by atoms with Gasteiger partial charge >= 0.3 is 5.97 Å². The van der Waals surface area contributed by atoms with E-state index in [0.717, 1.165) is 0 Å². The fourth-order valence-corrected chi connectivity index (χ4v) is 3.16. The molecular weight excluding hydrogens is 404 g/mol. The Bertz CT molecular complexity index is 1070. The summed E-state index contributed by atoms with van der Waals surface area (Å²) < 4.78 is 21.1. The van der Waals surface area contributed by atoms with E-state index in [-0.39, 0.29) is 22.6 Å². The van der Waals surface area contributed by atoms with Crippen LogP contribution < -0.4 is 19.5 Å². The van der Waals surface area contributed by atoms with E-state index in [9.17, 15) is 14.7 Å². The quantitative estimate of drug-likeness (QED) is 0.561. The molecule has 1 amide bonds. The zero-order valence-corrected chi connectivity index (χ0v) is 17.5. The van der Waals surface area contributed by atoms with Crippen LogP contribution in [0.2, 0.25) is 0 Å². The van der Waals surface area contributed by atoms with Crippen molar-refractivity contribution in [1.82, 2.24) is 10.5 Å². The molecule has 31 heavy (non-hydrogen) atoms. The molecule has 2 N–H and O–H groups in total. The summed E-state index contributed by atoms with van der Waals surface area (Å²) in [5.41, 5.74) is 0.917. The normalized spacial score (nSPS) is 11.5. The number of carbonyl (C=O) groups is 2. The minimum absolute atomic E-state index is 0.0344. The molecule has 9 nitrogen and oxygen atoms in total. The summed E-state index contributed by atoms with van der Waals surface area (Å²) >= 11 is 0. The average molecular weight is 426 g/mol. The molecule has 0 radical (unpaired) electrons. The maximum Gasteiger partial charge on any atom is 0.341 e. The van der Waals surface area contributed by atoms with Gasteiger partial charge in [-0.05, 0) is 19.1 Å². The van der Waals surface area contributed by atoms with Crippen LogP contribution in [0.5, 0.6) is 17.2 Å². The fraction of sp³-hybridized carbons (Fsp3) is 0.227. The number of ether oxygens (including phenoxy) is 3. The summed E-state index contributed by atoms with van der Waals surface area (Å²) in [6.45, 7) is 1.61. The highest BCUT2D eigenvalue weighted by molar-refractivity contribution is 5.98. The third-order valence-electron chi connectivity index (χ3n) is 4.65. The number of amides is 1. The molecule has 162 valence electrons. The summed E-state index contributed by atoms with van der Waals surface area (Å²) in [6, 6.07) is 11.0. The molecule has 1 aromatic heterocycles. The van der Waals surface area contributed by atoms with Gasteiger partial charge in [0.25, 0.3) is 5.91 Å². The third kappa shape index (κ3) is 4.30. The first-order chi connectivity index (χ1) is 14.9. The van der Waals surface area contributed by atoms with Crippen LogP contribution >= 0.6 is 0 Å². The smallest absolute Gasteiger partial charge is 0.341 e. The lowest BCUT2D eigenvalue weighted by atomic mass is 10.0. The molecule has 2 aromatic carbocycles. The fourth-order valence-electron chi connectivity index (χ4n) is 3.16. The maximum atomic E-state index is 12.8.